The maximum absolute atomic E-state index is 6.14. The lowest BCUT2D eigenvalue weighted by Crippen LogP contribution is -2.21. The molecule has 1 aliphatic heterocycles. The molecule has 1 unspecified atom stereocenters. The van der Waals surface area contributed by atoms with Crippen LogP contribution in [0.2, 0.25) is 10.4 Å². The highest BCUT2D eigenvalue weighted by atomic mass is 35.5. The van der Waals surface area contributed by atoms with Gasteiger partial charge in [-0.3, -0.25) is 4.57 Å². The van der Waals surface area contributed by atoms with Crippen LogP contribution in [0.5, 0.6) is 0 Å². The minimum absolute atomic E-state index is 0.0480. The lowest BCUT2D eigenvalue weighted by atomic mass is 10.1. The Morgan fingerprint density at radius 3 is 2.65 bits per heavy atom. The van der Waals surface area contributed by atoms with Gasteiger partial charge < -0.3 is 4.74 Å². The van der Waals surface area contributed by atoms with Gasteiger partial charge in [0.05, 0.1) is 0 Å². The fraction of sp³-hybridized carbons (Fsp3) is 0.615. The molecule has 1 saturated heterocycles. The molecule has 0 saturated carbocycles. The van der Waals surface area contributed by atoms with Crippen LogP contribution in [-0.4, -0.2) is 26.1 Å². The monoisotopic (exact) mass is 314 g/mol. The zero-order valence-electron chi connectivity index (χ0n) is 11.4. The van der Waals surface area contributed by atoms with Gasteiger partial charge in [-0.25, -0.2) is 9.97 Å². The molecule has 3 heterocycles. The second-order valence-corrected chi connectivity index (χ2v) is 5.97. The topological polar surface area (TPSA) is 52.8 Å². The number of hydrogen-bond acceptors (Lipinski definition) is 4. The van der Waals surface area contributed by atoms with E-state index >= 15 is 0 Å². The number of halogens is 2. The van der Waals surface area contributed by atoms with Crippen molar-refractivity contribution < 1.29 is 4.74 Å². The predicted octanol–water partition coefficient (Wildman–Crippen LogP) is 3.96. The first-order chi connectivity index (χ1) is 9.58. The molecule has 1 atom stereocenters. The fourth-order valence-electron chi connectivity index (χ4n) is 2.55. The van der Waals surface area contributed by atoms with Crippen molar-refractivity contribution in [1.82, 2.24) is 19.5 Å². The first-order valence-corrected chi connectivity index (χ1v) is 7.56. The highest BCUT2D eigenvalue weighted by Gasteiger charge is 2.25. The third-order valence-corrected chi connectivity index (χ3v) is 3.89. The van der Waals surface area contributed by atoms with Gasteiger partial charge in [-0.1, -0.05) is 25.4 Å². The van der Waals surface area contributed by atoms with E-state index in [1.807, 2.05) is 4.57 Å². The van der Waals surface area contributed by atoms with Crippen LogP contribution in [0.25, 0.3) is 11.2 Å². The molecule has 0 amide bonds. The Morgan fingerprint density at radius 2 is 2.00 bits per heavy atom. The standard InChI is InChI=1S/C13H16Cl2N4O/c1-7(2)11-16-9-10(14)17-13(15)18-12(9)19(11)8-5-3-4-6-20-8/h7-8H,3-6H2,1-2H3. The molecule has 1 fully saturated rings. The summed E-state index contributed by atoms with van der Waals surface area (Å²) < 4.78 is 7.90. The Bertz CT molecular complexity index is 635. The Balaban J connectivity index is 2.22. The van der Waals surface area contributed by atoms with E-state index in [1.54, 1.807) is 0 Å². The van der Waals surface area contributed by atoms with Gasteiger partial charge in [0.15, 0.2) is 10.8 Å². The van der Waals surface area contributed by atoms with Crippen LogP contribution in [0.3, 0.4) is 0 Å². The summed E-state index contributed by atoms with van der Waals surface area (Å²) in [7, 11) is 0. The first-order valence-electron chi connectivity index (χ1n) is 6.80. The summed E-state index contributed by atoms with van der Waals surface area (Å²) in [5.74, 6) is 1.15. The van der Waals surface area contributed by atoms with Crippen molar-refractivity contribution >= 4 is 34.4 Å². The van der Waals surface area contributed by atoms with Crippen molar-refractivity contribution in [3.05, 3.63) is 16.3 Å². The van der Waals surface area contributed by atoms with Gasteiger partial charge in [0.25, 0.3) is 0 Å². The zero-order valence-corrected chi connectivity index (χ0v) is 12.9. The number of hydrogen-bond donors (Lipinski definition) is 0. The quantitative estimate of drug-likeness (QED) is 0.622. The van der Waals surface area contributed by atoms with Crippen LogP contribution in [0, 0.1) is 0 Å². The van der Waals surface area contributed by atoms with Gasteiger partial charge in [0, 0.05) is 12.5 Å². The Morgan fingerprint density at radius 1 is 1.20 bits per heavy atom. The lowest BCUT2D eigenvalue weighted by Gasteiger charge is -2.26. The van der Waals surface area contributed by atoms with Crippen LogP contribution in [0.4, 0.5) is 0 Å². The first kappa shape index (κ1) is 14.0. The van der Waals surface area contributed by atoms with E-state index in [4.69, 9.17) is 27.9 Å². The fourth-order valence-corrected chi connectivity index (χ4v) is 2.97. The van der Waals surface area contributed by atoms with Gasteiger partial charge >= 0.3 is 0 Å². The SMILES string of the molecule is CC(C)c1nc2c(Cl)nc(Cl)nc2n1C1CCCCO1. The second-order valence-electron chi connectivity index (χ2n) is 5.27. The summed E-state index contributed by atoms with van der Waals surface area (Å²) >= 11 is 12.1. The van der Waals surface area contributed by atoms with Gasteiger partial charge in [-0.05, 0) is 30.9 Å². The highest BCUT2D eigenvalue weighted by Crippen LogP contribution is 2.32. The molecule has 108 valence electrons. The van der Waals surface area contributed by atoms with E-state index in [-0.39, 0.29) is 22.6 Å². The molecule has 0 aromatic carbocycles. The number of imidazole rings is 1. The van der Waals surface area contributed by atoms with Gasteiger partial charge in [-0.2, -0.15) is 4.98 Å². The van der Waals surface area contributed by atoms with Gasteiger partial charge in [-0.15, -0.1) is 0 Å². The second kappa shape index (κ2) is 5.47. The molecule has 2 aromatic rings. The van der Waals surface area contributed by atoms with E-state index in [9.17, 15) is 0 Å². The maximum Gasteiger partial charge on any atom is 0.225 e. The molecule has 0 radical (unpaired) electrons. The zero-order chi connectivity index (χ0) is 14.3. The van der Waals surface area contributed by atoms with E-state index in [2.05, 4.69) is 28.8 Å². The molecule has 0 bridgehead atoms. The van der Waals surface area contributed by atoms with E-state index in [1.165, 1.54) is 0 Å². The van der Waals surface area contributed by atoms with Crippen molar-refractivity contribution in [2.45, 2.75) is 45.3 Å². The number of fused-ring (bicyclic) bond motifs is 1. The van der Waals surface area contributed by atoms with Crippen molar-refractivity contribution in [2.24, 2.45) is 0 Å². The Labute approximate surface area is 127 Å². The van der Waals surface area contributed by atoms with Crippen LogP contribution in [0.15, 0.2) is 0 Å². The summed E-state index contributed by atoms with van der Waals surface area (Å²) in [4.78, 5) is 12.9. The summed E-state index contributed by atoms with van der Waals surface area (Å²) in [5, 5.41) is 0.422. The normalized spacial score (nSPS) is 19.9. The van der Waals surface area contributed by atoms with Crippen LogP contribution < -0.4 is 0 Å². The summed E-state index contributed by atoms with van der Waals surface area (Å²) in [6.45, 7) is 4.93. The molecule has 3 rings (SSSR count). The third kappa shape index (κ3) is 2.38. The number of rotatable bonds is 2. The van der Waals surface area contributed by atoms with E-state index in [0.29, 0.717) is 11.2 Å². The number of aromatic nitrogens is 4. The van der Waals surface area contributed by atoms with Crippen molar-refractivity contribution in [3.63, 3.8) is 0 Å². The molecular weight excluding hydrogens is 299 g/mol. The summed E-state index contributed by atoms with van der Waals surface area (Å²) in [6.07, 6.45) is 3.13. The smallest absolute Gasteiger partial charge is 0.225 e. The molecule has 20 heavy (non-hydrogen) atoms. The maximum atomic E-state index is 6.14. The molecule has 7 heteroatoms. The number of ether oxygens (including phenoxy) is 1. The van der Waals surface area contributed by atoms with Gasteiger partial charge in [0.1, 0.15) is 17.6 Å². The molecule has 1 aliphatic rings. The molecule has 5 nitrogen and oxygen atoms in total. The predicted molar refractivity (Wildman–Crippen MR) is 78.3 cm³/mol. The molecular formula is C13H16Cl2N4O. The minimum atomic E-state index is -0.0480. The van der Waals surface area contributed by atoms with Crippen molar-refractivity contribution in [3.8, 4) is 0 Å². The Hall–Kier alpha value is -0.910. The third-order valence-electron chi connectivity index (χ3n) is 3.46. The Kier molecular flexibility index (Phi) is 3.84. The van der Waals surface area contributed by atoms with Crippen LogP contribution in [-0.2, 0) is 4.74 Å². The molecule has 0 spiro atoms. The van der Waals surface area contributed by atoms with Crippen molar-refractivity contribution in [1.29, 1.82) is 0 Å². The van der Waals surface area contributed by atoms with E-state index < -0.39 is 0 Å². The van der Waals surface area contributed by atoms with Crippen LogP contribution in [0.1, 0.15) is 51.1 Å². The van der Waals surface area contributed by atoms with Crippen molar-refractivity contribution in [2.75, 3.05) is 6.61 Å². The molecule has 0 aliphatic carbocycles. The van der Waals surface area contributed by atoms with E-state index in [0.717, 1.165) is 31.7 Å². The minimum Gasteiger partial charge on any atom is -0.358 e. The van der Waals surface area contributed by atoms with Gasteiger partial charge in [0.2, 0.25) is 5.28 Å². The largest absolute Gasteiger partial charge is 0.358 e. The number of nitrogens with zero attached hydrogens (tertiary/aromatic N) is 4. The highest BCUT2D eigenvalue weighted by molar-refractivity contribution is 6.35. The summed E-state index contributed by atoms with van der Waals surface area (Å²) in [6, 6.07) is 0. The molecule has 2 aromatic heterocycles. The molecule has 0 N–H and O–H groups in total. The lowest BCUT2D eigenvalue weighted by molar-refractivity contribution is -0.0317. The average molecular weight is 315 g/mol. The summed E-state index contributed by atoms with van der Waals surface area (Å²) in [5.41, 5.74) is 1.25. The average Bonchev–Trinajstić information content (AvgIpc) is 2.79. The van der Waals surface area contributed by atoms with Crippen LogP contribution >= 0.6 is 23.2 Å².